The second-order valence-corrected chi connectivity index (χ2v) is 11.6. The first-order valence-electron chi connectivity index (χ1n) is 12.6. The number of carbonyl (C=O) groups is 2. The van der Waals surface area contributed by atoms with Crippen molar-refractivity contribution >= 4 is 44.8 Å². The molecule has 1 N–H and O–H groups in total. The van der Waals surface area contributed by atoms with Gasteiger partial charge in [0, 0.05) is 29.7 Å². The van der Waals surface area contributed by atoms with Gasteiger partial charge >= 0.3 is 0 Å². The van der Waals surface area contributed by atoms with E-state index < -0.39 is 33.4 Å². The summed E-state index contributed by atoms with van der Waals surface area (Å²) in [5.41, 5.74) is 0.531. The Hall–Kier alpha value is -3.96. The lowest BCUT2D eigenvalue weighted by molar-refractivity contribution is -0.384. The Bertz CT molecular complexity index is 1430. The lowest BCUT2D eigenvalue weighted by Crippen LogP contribution is -2.53. The number of rotatable bonds is 12. The number of nitro benzene ring substituents is 1. The molecule has 0 bridgehead atoms. The Morgan fingerprint density at radius 3 is 2.10 bits per heavy atom. The fraction of sp³-hybridized carbons (Fsp3) is 0.286. The van der Waals surface area contributed by atoms with Crippen molar-refractivity contribution < 1.29 is 22.9 Å². The molecule has 0 fully saturated rings. The summed E-state index contributed by atoms with van der Waals surface area (Å²) in [6, 6.07) is 18.2. The Morgan fingerprint density at radius 1 is 0.975 bits per heavy atom. The van der Waals surface area contributed by atoms with Gasteiger partial charge in [0.05, 0.1) is 15.5 Å². The number of carbonyl (C=O) groups excluding carboxylic acids is 2. The van der Waals surface area contributed by atoms with Crippen LogP contribution in [0.1, 0.15) is 32.8 Å². The minimum Gasteiger partial charge on any atom is -0.352 e. The molecule has 3 rings (SSSR count). The van der Waals surface area contributed by atoms with Crippen LogP contribution in [-0.4, -0.2) is 48.7 Å². The summed E-state index contributed by atoms with van der Waals surface area (Å²) in [7, 11) is -4.27. The highest BCUT2D eigenvalue weighted by atomic mass is 35.5. The van der Waals surface area contributed by atoms with Gasteiger partial charge in [-0.05, 0) is 62.2 Å². The average molecular weight is 587 g/mol. The highest BCUT2D eigenvalue weighted by Gasteiger charge is 2.34. The average Bonchev–Trinajstić information content (AvgIpc) is 2.92. The van der Waals surface area contributed by atoms with Crippen molar-refractivity contribution in [2.24, 2.45) is 0 Å². The number of amides is 2. The monoisotopic (exact) mass is 586 g/mol. The third-order valence-electron chi connectivity index (χ3n) is 6.04. The highest BCUT2D eigenvalue weighted by molar-refractivity contribution is 7.92. The van der Waals surface area contributed by atoms with E-state index in [0.29, 0.717) is 10.6 Å². The normalized spacial score (nSPS) is 12.0. The van der Waals surface area contributed by atoms with Gasteiger partial charge in [-0.2, -0.15) is 0 Å². The molecule has 0 aliphatic rings. The quantitative estimate of drug-likeness (QED) is 0.240. The Morgan fingerprint density at radius 2 is 1.57 bits per heavy atom. The number of anilines is 1. The van der Waals surface area contributed by atoms with Crippen LogP contribution in [-0.2, 0) is 26.2 Å². The smallest absolute Gasteiger partial charge is 0.269 e. The molecule has 3 aromatic rings. The first-order chi connectivity index (χ1) is 18.9. The minimum absolute atomic E-state index is 0.0273. The summed E-state index contributed by atoms with van der Waals surface area (Å²) in [4.78, 5) is 38.9. The molecule has 0 aromatic heterocycles. The van der Waals surface area contributed by atoms with E-state index in [2.05, 4.69) is 5.32 Å². The molecule has 40 heavy (non-hydrogen) atoms. The molecule has 1 unspecified atom stereocenters. The third kappa shape index (κ3) is 7.57. The van der Waals surface area contributed by atoms with Crippen LogP contribution in [0, 0.1) is 10.1 Å². The first-order valence-corrected chi connectivity index (χ1v) is 14.4. The minimum atomic E-state index is -4.27. The second kappa shape index (κ2) is 13.4. The predicted octanol–water partition coefficient (Wildman–Crippen LogP) is 4.78. The van der Waals surface area contributed by atoms with Crippen molar-refractivity contribution in [1.82, 2.24) is 10.2 Å². The largest absolute Gasteiger partial charge is 0.352 e. The van der Waals surface area contributed by atoms with E-state index in [1.54, 1.807) is 63.2 Å². The summed E-state index contributed by atoms with van der Waals surface area (Å²) in [5, 5.41) is 14.5. The molecular weight excluding hydrogens is 556 g/mol. The summed E-state index contributed by atoms with van der Waals surface area (Å²) in [5.74, 6) is -0.994. The number of hydrogen-bond acceptors (Lipinski definition) is 6. The number of halogens is 1. The van der Waals surface area contributed by atoms with Crippen molar-refractivity contribution in [1.29, 1.82) is 0 Å². The van der Waals surface area contributed by atoms with Gasteiger partial charge in [0.15, 0.2) is 0 Å². The molecule has 12 heteroatoms. The fourth-order valence-electron chi connectivity index (χ4n) is 4.08. The van der Waals surface area contributed by atoms with E-state index in [9.17, 15) is 28.1 Å². The Labute approximate surface area is 238 Å². The number of hydrogen-bond donors (Lipinski definition) is 1. The maximum atomic E-state index is 13.9. The van der Waals surface area contributed by atoms with Crippen molar-refractivity contribution in [3.05, 3.63) is 99.6 Å². The van der Waals surface area contributed by atoms with Crippen molar-refractivity contribution in [3.8, 4) is 0 Å². The first kappa shape index (κ1) is 30.6. The SMILES string of the molecule is CCC(C(=O)NC(C)C)N(Cc1ccc(Cl)cc1)C(=O)CN(c1ccc([N+](=O)[O-])cc1)S(=O)(=O)c1ccccc1. The van der Waals surface area contributed by atoms with Crippen molar-refractivity contribution in [3.63, 3.8) is 0 Å². The van der Waals surface area contributed by atoms with E-state index >= 15 is 0 Å². The molecular formula is C28H31ClN4O6S. The molecule has 0 saturated carbocycles. The van der Waals surface area contributed by atoms with Crippen LogP contribution in [0.5, 0.6) is 0 Å². The summed E-state index contributed by atoms with van der Waals surface area (Å²) >= 11 is 6.02. The zero-order valence-corrected chi connectivity index (χ0v) is 23.9. The maximum absolute atomic E-state index is 13.9. The Balaban J connectivity index is 2.06. The molecule has 10 nitrogen and oxygen atoms in total. The van der Waals surface area contributed by atoms with Gasteiger partial charge in [0.25, 0.3) is 15.7 Å². The van der Waals surface area contributed by atoms with Gasteiger partial charge in [0.2, 0.25) is 11.8 Å². The summed E-state index contributed by atoms with van der Waals surface area (Å²) in [6.45, 7) is 4.76. The van der Waals surface area contributed by atoms with Crippen LogP contribution in [0.25, 0.3) is 0 Å². The molecule has 0 aliphatic carbocycles. The second-order valence-electron chi connectivity index (χ2n) is 9.33. The van der Waals surface area contributed by atoms with Crippen LogP contribution in [0.2, 0.25) is 5.02 Å². The number of nitrogens with zero attached hydrogens (tertiary/aromatic N) is 3. The number of nitro groups is 1. The molecule has 3 aromatic carbocycles. The van der Waals surface area contributed by atoms with E-state index in [0.717, 1.165) is 4.31 Å². The zero-order valence-electron chi connectivity index (χ0n) is 22.4. The van der Waals surface area contributed by atoms with Gasteiger partial charge < -0.3 is 10.2 Å². The zero-order chi connectivity index (χ0) is 29.4. The van der Waals surface area contributed by atoms with Crippen LogP contribution in [0.3, 0.4) is 0 Å². The van der Waals surface area contributed by atoms with Gasteiger partial charge in [-0.15, -0.1) is 0 Å². The number of benzene rings is 3. The molecule has 0 radical (unpaired) electrons. The standard InChI is InChI=1S/C28H31ClN4O6S/c1-4-26(28(35)30-20(2)3)31(18-21-10-12-22(29)13-11-21)27(34)19-32(23-14-16-24(17-15-23)33(36)37)40(38,39)25-8-6-5-7-9-25/h5-17,20,26H,4,18-19H2,1-3H3,(H,30,35). The highest BCUT2D eigenvalue weighted by Crippen LogP contribution is 2.27. The Kier molecular flexibility index (Phi) is 10.2. The van der Waals surface area contributed by atoms with Gasteiger partial charge in [-0.25, -0.2) is 8.42 Å². The molecule has 0 saturated heterocycles. The van der Waals surface area contributed by atoms with Crippen LogP contribution in [0.15, 0.2) is 83.8 Å². The van der Waals surface area contributed by atoms with Crippen molar-refractivity contribution in [2.45, 2.75) is 50.7 Å². The fourth-order valence-corrected chi connectivity index (χ4v) is 5.64. The van der Waals surface area contributed by atoms with Crippen LogP contribution >= 0.6 is 11.6 Å². The lowest BCUT2D eigenvalue weighted by Gasteiger charge is -2.33. The van der Waals surface area contributed by atoms with Gasteiger partial charge in [0.1, 0.15) is 12.6 Å². The molecule has 212 valence electrons. The van der Waals surface area contributed by atoms with E-state index in [-0.39, 0.29) is 41.2 Å². The van der Waals surface area contributed by atoms with E-state index in [1.165, 1.54) is 41.3 Å². The number of sulfonamides is 1. The lowest BCUT2D eigenvalue weighted by atomic mass is 10.1. The van der Waals surface area contributed by atoms with Gasteiger partial charge in [-0.1, -0.05) is 48.9 Å². The van der Waals surface area contributed by atoms with E-state index in [1.807, 2.05) is 0 Å². The van der Waals surface area contributed by atoms with Gasteiger partial charge in [-0.3, -0.25) is 24.0 Å². The van der Waals surface area contributed by atoms with E-state index in [4.69, 9.17) is 11.6 Å². The molecule has 1 atom stereocenters. The summed E-state index contributed by atoms with van der Waals surface area (Å²) < 4.78 is 28.4. The summed E-state index contributed by atoms with van der Waals surface area (Å²) in [6.07, 6.45) is 0.279. The number of nitrogens with one attached hydrogen (secondary N) is 1. The molecule has 0 spiro atoms. The topological polar surface area (TPSA) is 130 Å². The van der Waals surface area contributed by atoms with Crippen molar-refractivity contribution in [2.75, 3.05) is 10.8 Å². The molecule has 0 aliphatic heterocycles. The van der Waals surface area contributed by atoms with Crippen LogP contribution in [0.4, 0.5) is 11.4 Å². The maximum Gasteiger partial charge on any atom is 0.269 e. The third-order valence-corrected chi connectivity index (χ3v) is 8.08. The number of non-ortho nitro benzene ring substituents is 1. The molecule has 0 heterocycles. The van der Waals surface area contributed by atoms with Crippen LogP contribution < -0.4 is 9.62 Å². The molecule has 2 amide bonds. The predicted molar refractivity (Wildman–Crippen MR) is 153 cm³/mol.